The molecular formula is C25H26ClN5O3. The second-order valence-corrected chi connectivity index (χ2v) is 8.97. The Balaban J connectivity index is 1.22. The molecule has 5 rings (SSSR count). The Morgan fingerprint density at radius 2 is 1.91 bits per heavy atom. The number of nitrogens with zero attached hydrogens (tertiary/aromatic N) is 4. The van der Waals surface area contributed by atoms with Crippen molar-refractivity contribution in [2.75, 3.05) is 19.7 Å². The van der Waals surface area contributed by atoms with Gasteiger partial charge in [0.05, 0.1) is 13.2 Å². The molecule has 0 aliphatic carbocycles. The number of rotatable bonds is 6. The van der Waals surface area contributed by atoms with Crippen LogP contribution in [0.25, 0.3) is 0 Å². The summed E-state index contributed by atoms with van der Waals surface area (Å²) in [7, 11) is 0. The molecule has 1 saturated heterocycles. The highest BCUT2D eigenvalue weighted by Gasteiger charge is 2.36. The van der Waals surface area contributed by atoms with Gasteiger partial charge in [-0.2, -0.15) is 0 Å². The largest absolute Gasteiger partial charge is 0.363 e. The molecule has 1 fully saturated rings. The Bertz CT molecular complexity index is 1180. The second-order valence-electron chi connectivity index (χ2n) is 8.61. The van der Waals surface area contributed by atoms with Crippen LogP contribution in [0.1, 0.15) is 46.1 Å². The van der Waals surface area contributed by atoms with E-state index in [-0.39, 0.29) is 22.8 Å². The molecule has 176 valence electrons. The maximum Gasteiger partial charge on any atom is 0.275 e. The highest BCUT2D eigenvalue weighted by molar-refractivity contribution is 6.32. The van der Waals surface area contributed by atoms with Crippen molar-refractivity contribution in [1.82, 2.24) is 25.2 Å². The molecule has 1 N–H and O–H groups in total. The van der Waals surface area contributed by atoms with Crippen LogP contribution in [0.2, 0.25) is 5.15 Å². The SMILES string of the molecule is O=C(NCC1CCCN1C(=O)C1OCCc2ccccc21)c1nnn(Cc2ccccc2)c1Cl. The summed E-state index contributed by atoms with van der Waals surface area (Å²) in [5, 5.41) is 11.1. The van der Waals surface area contributed by atoms with Crippen LogP contribution in [0.4, 0.5) is 0 Å². The monoisotopic (exact) mass is 479 g/mol. The van der Waals surface area contributed by atoms with Gasteiger partial charge in [-0.3, -0.25) is 9.59 Å². The molecule has 2 unspecified atom stereocenters. The van der Waals surface area contributed by atoms with Crippen molar-refractivity contribution in [3.63, 3.8) is 0 Å². The first-order valence-electron chi connectivity index (χ1n) is 11.5. The zero-order valence-electron chi connectivity index (χ0n) is 18.7. The third-order valence-corrected chi connectivity index (χ3v) is 6.82. The number of amides is 2. The fourth-order valence-corrected chi connectivity index (χ4v) is 4.90. The number of fused-ring (bicyclic) bond motifs is 1. The van der Waals surface area contributed by atoms with Crippen LogP contribution in [0, 0.1) is 0 Å². The van der Waals surface area contributed by atoms with E-state index < -0.39 is 12.0 Å². The molecular weight excluding hydrogens is 454 g/mol. The number of hydrogen-bond acceptors (Lipinski definition) is 5. The van der Waals surface area contributed by atoms with Crippen LogP contribution in [0.5, 0.6) is 0 Å². The maximum absolute atomic E-state index is 13.4. The van der Waals surface area contributed by atoms with Gasteiger partial charge in [-0.1, -0.05) is 71.4 Å². The van der Waals surface area contributed by atoms with Crippen molar-refractivity contribution in [2.24, 2.45) is 0 Å². The van der Waals surface area contributed by atoms with E-state index in [2.05, 4.69) is 21.7 Å². The van der Waals surface area contributed by atoms with Crippen molar-refractivity contribution in [3.8, 4) is 0 Å². The van der Waals surface area contributed by atoms with E-state index in [0.717, 1.165) is 36.0 Å². The molecule has 0 bridgehead atoms. The first-order valence-corrected chi connectivity index (χ1v) is 11.9. The first-order chi connectivity index (χ1) is 16.6. The van der Waals surface area contributed by atoms with E-state index in [0.29, 0.717) is 26.2 Å². The van der Waals surface area contributed by atoms with Gasteiger partial charge in [0.2, 0.25) is 0 Å². The summed E-state index contributed by atoms with van der Waals surface area (Å²) in [6, 6.07) is 17.5. The Hall–Kier alpha value is -3.23. The minimum atomic E-state index is -0.589. The Morgan fingerprint density at radius 1 is 1.12 bits per heavy atom. The van der Waals surface area contributed by atoms with Crippen molar-refractivity contribution in [3.05, 3.63) is 82.1 Å². The number of carbonyl (C=O) groups excluding carboxylic acids is 2. The van der Waals surface area contributed by atoms with Crippen molar-refractivity contribution in [1.29, 1.82) is 0 Å². The number of carbonyl (C=O) groups is 2. The quantitative estimate of drug-likeness (QED) is 0.587. The second kappa shape index (κ2) is 9.95. The molecule has 0 spiro atoms. The highest BCUT2D eigenvalue weighted by atomic mass is 35.5. The zero-order chi connectivity index (χ0) is 23.5. The van der Waals surface area contributed by atoms with Crippen LogP contribution in [0.15, 0.2) is 54.6 Å². The van der Waals surface area contributed by atoms with Gasteiger partial charge in [0.15, 0.2) is 17.0 Å². The summed E-state index contributed by atoms with van der Waals surface area (Å²) in [6.07, 6.45) is 1.92. The lowest BCUT2D eigenvalue weighted by atomic mass is 9.96. The number of hydrogen-bond donors (Lipinski definition) is 1. The van der Waals surface area contributed by atoms with Crippen molar-refractivity contribution in [2.45, 2.75) is 38.0 Å². The number of halogens is 1. The average Bonchev–Trinajstić information content (AvgIpc) is 3.49. The molecule has 2 aliphatic rings. The lowest BCUT2D eigenvalue weighted by molar-refractivity contribution is -0.146. The minimum Gasteiger partial charge on any atom is -0.363 e. The molecule has 9 heteroatoms. The smallest absolute Gasteiger partial charge is 0.275 e. The van der Waals surface area contributed by atoms with E-state index in [1.54, 1.807) is 0 Å². The molecule has 0 radical (unpaired) electrons. The zero-order valence-corrected chi connectivity index (χ0v) is 19.4. The number of likely N-dealkylation sites (tertiary alicyclic amines) is 1. The van der Waals surface area contributed by atoms with Gasteiger partial charge in [-0.25, -0.2) is 4.68 Å². The van der Waals surface area contributed by atoms with Crippen LogP contribution >= 0.6 is 11.6 Å². The highest BCUT2D eigenvalue weighted by Crippen LogP contribution is 2.31. The van der Waals surface area contributed by atoms with Gasteiger partial charge in [0.25, 0.3) is 11.8 Å². The minimum absolute atomic E-state index is 0.0456. The molecule has 8 nitrogen and oxygen atoms in total. The molecule has 34 heavy (non-hydrogen) atoms. The molecule has 0 saturated carbocycles. The van der Waals surface area contributed by atoms with Crippen LogP contribution in [0.3, 0.4) is 0 Å². The number of aromatic nitrogens is 3. The molecule has 3 heterocycles. The maximum atomic E-state index is 13.4. The van der Waals surface area contributed by atoms with Gasteiger partial charge in [-0.15, -0.1) is 5.10 Å². The molecule has 2 atom stereocenters. The lowest BCUT2D eigenvalue weighted by Crippen LogP contribution is -2.46. The van der Waals surface area contributed by atoms with Gasteiger partial charge < -0.3 is 15.0 Å². The Morgan fingerprint density at radius 3 is 2.76 bits per heavy atom. The molecule has 2 aliphatic heterocycles. The standard InChI is InChI=1S/C25H26ClN5O3/c26-23-21(28-29-31(23)16-17-7-2-1-3-8-17)24(32)27-15-19-10-6-13-30(19)25(33)22-20-11-5-4-9-18(20)12-14-34-22/h1-5,7-9,11,19,22H,6,10,12-16H2,(H,27,32). The van der Waals surface area contributed by atoms with Crippen LogP contribution < -0.4 is 5.32 Å². The fraction of sp³-hybridized carbons (Fsp3) is 0.360. The number of ether oxygens (including phenoxy) is 1. The van der Waals surface area contributed by atoms with Crippen LogP contribution in [-0.4, -0.2) is 57.4 Å². The predicted octanol–water partition coefficient (Wildman–Crippen LogP) is 3.01. The molecule has 2 aromatic carbocycles. The predicted molar refractivity (Wildman–Crippen MR) is 126 cm³/mol. The lowest BCUT2D eigenvalue weighted by Gasteiger charge is -2.32. The normalized spacial score (nSPS) is 19.6. The fourth-order valence-electron chi connectivity index (χ4n) is 4.68. The Kier molecular flexibility index (Phi) is 6.60. The number of nitrogens with one attached hydrogen (secondary N) is 1. The van der Waals surface area contributed by atoms with E-state index >= 15 is 0 Å². The molecule has 1 aromatic heterocycles. The summed E-state index contributed by atoms with van der Waals surface area (Å²) < 4.78 is 7.37. The molecule has 3 aromatic rings. The van der Waals surface area contributed by atoms with Crippen molar-refractivity contribution < 1.29 is 14.3 Å². The number of benzene rings is 2. The van der Waals surface area contributed by atoms with Gasteiger partial charge in [-0.05, 0) is 36.0 Å². The third kappa shape index (κ3) is 4.56. The average molecular weight is 480 g/mol. The Labute approximate surface area is 202 Å². The van der Waals surface area contributed by atoms with Gasteiger partial charge in [0.1, 0.15) is 0 Å². The summed E-state index contributed by atoms with van der Waals surface area (Å²) in [5.41, 5.74) is 3.19. The van der Waals surface area contributed by atoms with E-state index in [1.807, 2.05) is 53.4 Å². The summed E-state index contributed by atoms with van der Waals surface area (Å²) >= 11 is 6.39. The topological polar surface area (TPSA) is 89.3 Å². The summed E-state index contributed by atoms with van der Waals surface area (Å²) in [6.45, 7) is 1.92. The van der Waals surface area contributed by atoms with Gasteiger partial charge in [0, 0.05) is 19.1 Å². The van der Waals surface area contributed by atoms with Crippen LogP contribution in [-0.2, 0) is 22.5 Å². The van der Waals surface area contributed by atoms with E-state index in [9.17, 15) is 9.59 Å². The summed E-state index contributed by atoms with van der Waals surface area (Å²) in [5.74, 6) is -0.446. The van der Waals surface area contributed by atoms with E-state index in [1.165, 1.54) is 4.68 Å². The summed E-state index contributed by atoms with van der Waals surface area (Å²) in [4.78, 5) is 28.0. The first kappa shape index (κ1) is 22.6. The van der Waals surface area contributed by atoms with Gasteiger partial charge >= 0.3 is 0 Å². The molecule has 2 amide bonds. The van der Waals surface area contributed by atoms with Crippen molar-refractivity contribution >= 4 is 23.4 Å². The third-order valence-electron chi connectivity index (χ3n) is 6.44. The van der Waals surface area contributed by atoms with E-state index in [4.69, 9.17) is 16.3 Å².